The Morgan fingerprint density at radius 3 is 1.30 bits per heavy atom. The van der Waals surface area contributed by atoms with E-state index >= 15 is 0 Å². The molecule has 6 rings (SSSR count). The van der Waals surface area contributed by atoms with Crippen molar-refractivity contribution in [2.75, 3.05) is 0 Å². The van der Waals surface area contributed by atoms with E-state index in [0.717, 1.165) is 35.7 Å². The van der Waals surface area contributed by atoms with Crippen molar-refractivity contribution < 1.29 is 0 Å². The number of hydrogen-bond donors (Lipinski definition) is 0. The second-order valence-electron chi connectivity index (χ2n) is 12.8. The number of hydrogen-bond acceptors (Lipinski definition) is 0. The fourth-order valence-corrected chi connectivity index (χ4v) is 7.13. The minimum absolute atomic E-state index is 0.120. The molecule has 0 radical (unpaired) electrons. The van der Waals surface area contributed by atoms with E-state index in [2.05, 4.69) is 142 Å². The summed E-state index contributed by atoms with van der Waals surface area (Å²) in [6.45, 7) is 6.80. The summed E-state index contributed by atoms with van der Waals surface area (Å²) in [6, 6.07) is 53.0. The molecule has 2 unspecified atom stereocenters. The molecule has 236 valence electrons. The number of aryl methyl sites for hydroxylation is 2. The molecule has 0 amide bonds. The van der Waals surface area contributed by atoms with Crippen LogP contribution < -0.4 is 0 Å². The molecule has 0 aliphatic rings. The minimum atomic E-state index is -0.364. The summed E-state index contributed by atoms with van der Waals surface area (Å²) in [6.07, 6.45) is 4.17. The summed E-state index contributed by atoms with van der Waals surface area (Å²) < 4.78 is 0. The van der Waals surface area contributed by atoms with E-state index in [0.29, 0.717) is 0 Å². The Bertz CT molecular complexity index is 1870. The molecule has 2 heteroatoms. The highest BCUT2D eigenvalue weighted by Crippen LogP contribution is 2.47. The van der Waals surface area contributed by atoms with Crippen molar-refractivity contribution >= 4 is 23.2 Å². The lowest BCUT2D eigenvalue weighted by Gasteiger charge is -2.40. The summed E-state index contributed by atoms with van der Waals surface area (Å²) in [5.74, 6) is 0.120. The Kier molecular flexibility index (Phi) is 10.3. The van der Waals surface area contributed by atoms with E-state index in [1.165, 1.54) is 55.6 Å². The van der Waals surface area contributed by atoms with Crippen LogP contribution in [0.4, 0.5) is 0 Å². The zero-order chi connectivity index (χ0) is 32.8. The van der Waals surface area contributed by atoms with Crippen molar-refractivity contribution in [2.45, 2.75) is 57.8 Å². The second kappa shape index (κ2) is 14.8. The van der Waals surface area contributed by atoms with Gasteiger partial charge in [-0.05, 0) is 99.2 Å². The zero-order valence-corrected chi connectivity index (χ0v) is 29.0. The summed E-state index contributed by atoms with van der Waals surface area (Å²) in [5, 5.41) is 1.48. The molecule has 0 heterocycles. The first-order valence-corrected chi connectivity index (χ1v) is 17.5. The van der Waals surface area contributed by atoms with Crippen LogP contribution in [0.1, 0.15) is 66.5 Å². The van der Waals surface area contributed by atoms with Crippen molar-refractivity contribution in [1.82, 2.24) is 0 Å². The van der Waals surface area contributed by atoms with Gasteiger partial charge in [0.25, 0.3) is 0 Å². The molecular formula is C45H42Cl2. The Hall–Kier alpha value is -4.10. The molecule has 0 aromatic heterocycles. The van der Waals surface area contributed by atoms with Gasteiger partial charge in [-0.25, -0.2) is 0 Å². The maximum absolute atomic E-state index is 6.44. The number of halogens is 2. The fraction of sp³-hybridized carbons (Fsp3) is 0.200. The highest BCUT2D eigenvalue weighted by molar-refractivity contribution is 6.30. The molecule has 0 saturated heterocycles. The second-order valence-corrected chi connectivity index (χ2v) is 13.7. The summed E-state index contributed by atoms with van der Waals surface area (Å²) >= 11 is 12.9. The van der Waals surface area contributed by atoms with Crippen LogP contribution in [-0.2, 0) is 24.7 Å². The highest BCUT2D eigenvalue weighted by Gasteiger charge is 2.39. The van der Waals surface area contributed by atoms with Crippen LogP contribution >= 0.6 is 23.2 Å². The molecule has 0 bridgehead atoms. The Morgan fingerprint density at radius 1 is 0.468 bits per heavy atom. The molecule has 2 atom stereocenters. The monoisotopic (exact) mass is 652 g/mol. The first kappa shape index (κ1) is 32.8. The van der Waals surface area contributed by atoms with Gasteiger partial charge in [-0.1, -0.05) is 172 Å². The lowest BCUT2D eigenvalue weighted by Crippen LogP contribution is -2.33. The largest absolute Gasteiger partial charge is 0.0843 e. The number of rotatable bonds is 11. The molecule has 0 spiro atoms. The van der Waals surface area contributed by atoms with Gasteiger partial charge in [-0.15, -0.1) is 0 Å². The zero-order valence-electron chi connectivity index (χ0n) is 27.5. The van der Waals surface area contributed by atoms with E-state index < -0.39 is 0 Å². The van der Waals surface area contributed by atoms with Crippen LogP contribution in [0.2, 0.25) is 10.0 Å². The van der Waals surface area contributed by atoms with E-state index in [1.807, 2.05) is 24.3 Å². The lowest BCUT2D eigenvalue weighted by molar-refractivity contribution is 0.442. The van der Waals surface area contributed by atoms with Gasteiger partial charge in [0.1, 0.15) is 0 Å². The Balaban J connectivity index is 1.41. The Morgan fingerprint density at radius 2 is 0.851 bits per heavy atom. The molecule has 0 fully saturated rings. The molecule has 0 aliphatic carbocycles. The van der Waals surface area contributed by atoms with Crippen LogP contribution in [-0.4, -0.2) is 0 Å². The van der Waals surface area contributed by atoms with Gasteiger partial charge in [-0.2, -0.15) is 0 Å². The van der Waals surface area contributed by atoms with Gasteiger partial charge in [0.15, 0.2) is 0 Å². The Labute approximate surface area is 291 Å². The van der Waals surface area contributed by atoms with Gasteiger partial charge in [0, 0.05) is 21.4 Å². The maximum Gasteiger partial charge on any atom is 0.0406 e. The van der Waals surface area contributed by atoms with E-state index in [4.69, 9.17) is 23.2 Å². The van der Waals surface area contributed by atoms with E-state index in [1.54, 1.807) is 0 Å². The molecule has 6 aromatic rings. The molecular weight excluding hydrogens is 611 g/mol. The topological polar surface area (TPSA) is 0 Å². The van der Waals surface area contributed by atoms with Crippen molar-refractivity contribution in [1.29, 1.82) is 0 Å². The van der Waals surface area contributed by atoms with Gasteiger partial charge < -0.3 is 0 Å². The summed E-state index contributed by atoms with van der Waals surface area (Å²) in [7, 11) is 0. The SMILES string of the molecule is CCCc1ccc(-c2ccc(C(C)(c3ccc(Cl)cc3)C(Cc3ccc(-c4ccc(CC)cc4)cc3)c3ccc(Cl)cc3)cc2)cc1. The normalized spacial score (nSPS) is 13.2. The van der Waals surface area contributed by atoms with Crippen molar-refractivity contribution in [3.63, 3.8) is 0 Å². The van der Waals surface area contributed by atoms with Crippen molar-refractivity contribution in [3.8, 4) is 22.3 Å². The summed E-state index contributed by atoms with van der Waals surface area (Å²) in [5.41, 5.74) is 12.4. The molecule has 6 aromatic carbocycles. The maximum atomic E-state index is 6.44. The van der Waals surface area contributed by atoms with Crippen molar-refractivity contribution in [3.05, 3.63) is 189 Å². The third-order valence-corrected chi connectivity index (χ3v) is 10.3. The van der Waals surface area contributed by atoms with Crippen LogP contribution in [0.3, 0.4) is 0 Å². The van der Waals surface area contributed by atoms with Gasteiger partial charge in [0.05, 0.1) is 0 Å². The number of benzene rings is 6. The molecule has 0 saturated carbocycles. The van der Waals surface area contributed by atoms with E-state index in [-0.39, 0.29) is 11.3 Å². The van der Waals surface area contributed by atoms with Crippen LogP contribution in [0.25, 0.3) is 22.3 Å². The predicted octanol–water partition coefficient (Wildman–Crippen LogP) is 13.2. The smallest absolute Gasteiger partial charge is 0.0406 e. The third kappa shape index (κ3) is 7.41. The molecule has 0 nitrogen and oxygen atoms in total. The quantitative estimate of drug-likeness (QED) is 0.131. The van der Waals surface area contributed by atoms with Gasteiger partial charge in [0.2, 0.25) is 0 Å². The predicted molar refractivity (Wildman–Crippen MR) is 203 cm³/mol. The van der Waals surface area contributed by atoms with E-state index in [9.17, 15) is 0 Å². The van der Waals surface area contributed by atoms with Crippen LogP contribution in [0.5, 0.6) is 0 Å². The lowest BCUT2D eigenvalue weighted by atomic mass is 9.63. The molecule has 47 heavy (non-hydrogen) atoms. The molecule has 0 N–H and O–H groups in total. The standard InChI is InChI=1S/C45H42Cl2/c1-4-6-33-9-15-36(16-10-33)38-19-23-40(24-20-38)45(3,41-25-29-43(47)30-26-41)44(39-21-27-42(46)28-22-39)31-34-11-17-37(18-12-34)35-13-7-32(5-2)8-14-35/h7-30,44H,4-6,31H2,1-3H3. The average Bonchev–Trinajstić information content (AvgIpc) is 3.12. The first-order chi connectivity index (χ1) is 22.9. The first-order valence-electron chi connectivity index (χ1n) is 16.8. The molecule has 0 aliphatic heterocycles. The van der Waals surface area contributed by atoms with Gasteiger partial charge in [-0.3, -0.25) is 0 Å². The van der Waals surface area contributed by atoms with Crippen molar-refractivity contribution in [2.24, 2.45) is 0 Å². The third-order valence-electron chi connectivity index (χ3n) is 9.81. The fourth-order valence-electron chi connectivity index (χ4n) is 6.88. The van der Waals surface area contributed by atoms with Crippen LogP contribution in [0.15, 0.2) is 146 Å². The summed E-state index contributed by atoms with van der Waals surface area (Å²) in [4.78, 5) is 0. The minimum Gasteiger partial charge on any atom is -0.0843 e. The van der Waals surface area contributed by atoms with Gasteiger partial charge >= 0.3 is 0 Å². The van der Waals surface area contributed by atoms with Crippen LogP contribution in [0, 0.1) is 0 Å². The highest BCUT2D eigenvalue weighted by atomic mass is 35.5. The average molecular weight is 654 g/mol.